The van der Waals surface area contributed by atoms with E-state index in [-0.39, 0.29) is 24.0 Å². The second kappa shape index (κ2) is 6.70. The molecule has 1 atom stereocenters. The van der Waals surface area contributed by atoms with Crippen LogP contribution in [0.15, 0.2) is 6.07 Å². The first-order valence-corrected chi connectivity index (χ1v) is 6.84. The first kappa shape index (κ1) is 15.7. The van der Waals surface area contributed by atoms with E-state index in [0.29, 0.717) is 12.1 Å². The largest absolute Gasteiger partial charge is 0.396 e. The second-order valence-corrected chi connectivity index (χ2v) is 5.93. The van der Waals surface area contributed by atoms with E-state index in [1.165, 1.54) is 0 Å². The number of aliphatic hydroxyl groups is 1. The second-order valence-electron chi connectivity index (χ2n) is 5.93. The van der Waals surface area contributed by atoms with Gasteiger partial charge in [-0.3, -0.25) is 9.89 Å². The van der Waals surface area contributed by atoms with Gasteiger partial charge in [0.05, 0.1) is 0 Å². The molecule has 0 saturated heterocycles. The average Bonchev–Trinajstić information content (AvgIpc) is 2.76. The lowest BCUT2D eigenvalue weighted by Gasteiger charge is -2.30. The predicted molar refractivity (Wildman–Crippen MR) is 75.0 cm³/mol. The monoisotopic (exact) mass is 267 g/mol. The minimum Gasteiger partial charge on any atom is -0.396 e. The molecule has 5 heteroatoms. The number of nitrogens with one attached hydrogen (secondary N) is 2. The van der Waals surface area contributed by atoms with Crippen LogP contribution in [0.1, 0.15) is 56.7 Å². The summed E-state index contributed by atoms with van der Waals surface area (Å²) in [6, 6.07) is 1.72. The fraction of sp³-hybridized carbons (Fsp3) is 0.714. The third-order valence-corrected chi connectivity index (χ3v) is 3.15. The highest BCUT2D eigenvalue weighted by molar-refractivity contribution is 5.92. The van der Waals surface area contributed by atoms with Crippen molar-refractivity contribution in [1.29, 1.82) is 0 Å². The van der Waals surface area contributed by atoms with Crippen LogP contribution in [0, 0.1) is 5.41 Å². The summed E-state index contributed by atoms with van der Waals surface area (Å²) in [4.78, 5) is 12.1. The highest BCUT2D eigenvalue weighted by atomic mass is 16.3. The fourth-order valence-corrected chi connectivity index (χ4v) is 1.96. The van der Waals surface area contributed by atoms with Crippen LogP contribution in [-0.4, -0.2) is 33.9 Å². The number of rotatable bonds is 6. The van der Waals surface area contributed by atoms with E-state index in [0.717, 1.165) is 18.5 Å². The molecule has 0 aliphatic heterocycles. The third kappa shape index (κ3) is 4.67. The topological polar surface area (TPSA) is 78.0 Å². The van der Waals surface area contributed by atoms with Crippen molar-refractivity contribution in [3.8, 4) is 0 Å². The first-order chi connectivity index (χ1) is 8.88. The van der Waals surface area contributed by atoms with Gasteiger partial charge in [-0.15, -0.1) is 0 Å². The van der Waals surface area contributed by atoms with Gasteiger partial charge in [0.25, 0.3) is 5.91 Å². The Bertz CT molecular complexity index is 407. The number of aromatic nitrogens is 2. The molecule has 0 bridgehead atoms. The lowest BCUT2D eigenvalue weighted by Crippen LogP contribution is -2.44. The molecule has 1 amide bonds. The first-order valence-electron chi connectivity index (χ1n) is 6.84. The number of aliphatic hydroxyl groups excluding tert-OH is 1. The van der Waals surface area contributed by atoms with Gasteiger partial charge in [-0.25, -0.2) is 0 Å². The van der Waals surface area contributed by atoms with Crippen molar-refractivity contribution >= 4 is 5.91 Å². The van der Waals surface area contributed by atoms with Gasteiger partial charge in [0.2, 0.25) is 0 Å². The Morgan fingerprint density at radius 1 is 1.53 bits per heavy atom. The standard InChI is InChI=1S/C14H25N3O2/c1-5-6-10-9-11(17-16-10)13(19)15-12(7-8-18)14(2,3)4/h9,12,18H,5-8H2,1-4H3,(H,15,19)(H,16,17). The molecular formula is C14H25N3O2. The molecule has 0 saturated carbocycles. The molecule has 5 nitrogen and oxygen atoms in total. The van der Waals surface area contributed by atoms with Crippen LogP contribution in [0.4, 0.5) is 0 Å². The quantitative estimate of drug-likeness (QED) is 0.736. The molecule has 1 heterocycles. The summed E-state index contributed by atoms with van der Waals surface area (Å²) < 4.78 is 0. The minimum absolute atomic E-state index is 0.0594. The minimum atomic E-state index is -0.188. The molecular weight excluding hydrogens is 242 g/mol. The molecule has 0 fully saturated rings. The third-order valence-electron chi connectivity index (χ3n) is 3.15. The number of aromatic amines is 1. The van der Waals surface area contributed by atoms with Crippen LogP contribution < -0.4 is 5.32 Å². The van der Waals surface area contributed by atoms with Crippen LogP contribution in [0.5, 0.6) is 0 Å². The SMILES string of the molecule is CCCc1cc(C(=O)NC(CCO)C(C)(C)C)n[nH]1. The van der Waals surface area contributed by atoms with Gasteiger partial charge < -0.3 is 10.4 Å². The number of hydrogen-bond acceptors (Lipinski definition) is 3. The Labute approximate surface area is 114 Å². The molecule has 1 aromatic rings. The number of carbonyl (C=O) groups is 1. The van der Waals surface area contributed by atoms with E-state index in [2.05, 4.69) is 22.4 Å². The number of aryl methyl sites for hydroxylation is 1. The number of amides is 1. The van der Waals surface area contributed by atoms with Gasteiger partial charge in [-0.1, -0.05) is 34.1 Å². The Morgan fingerprint density at radius 3 is 2.74 bits per heavy atom. The zero-order valence-corrected chi connectivity index (χ0v) is 12.3. The van der Waals surface area contributed by atoms with Crippen LogP contribution in [0.3, 0.4) is 0 Å². The van der Waals surface area contributed by atoms with Gasteiger partial charge >= 0.3 is 0 Å². The van der Waals surface area contributed by atoms with Crippen molar-refractivity contribution in [2.45, 2.75) is 53.0 Å². The molecule has 0 aromatic carbocycles. The van der Waals surface area contributed by atoms with Crippen molar-refractivity contribution in [1.82, 2.24) is 15.5 Å². The molecule has 0 aliphatic rings. The number of hydrogen-bond donors (Lipinski definition) is 3. The molecule has 0 spiro atoms. The fourth-order valence-electron chi connectivity index (χ4n) is 1.96. The summed E-state index contributed by atoms with van der Waals surface area (Å²) in [5.74, 6) is -0.188. The van der Waals surface area contributed by atoms with E-state index in [4.69, 9.17) is 5.11 Å². The maximum Gasteiger partial charge on any atom is 0.272 e. The van der Waals surface area contributed by atoms with E-state index in [9.17, 15) is 4.79 Å². The molecule has 0 aliphatic carbocycles. The van der Waals surface area contributed by atoms with Crippen LogP contribution in [0.2, 0.25) is 0 Å². The number of nitrogens with zero attached hydrogens (tertiary/aromatic N) is 1. The van der Waals surface area contributed by atoms with Crippen LogP contribution in [-0.2, 0) is 6.42 Å². The highest BCUT2D eigenvalue weighted by Gasteiger charge is 2.26. The Balaban J connectivity index is 2.70. The van der Waals surface area contributed by atoms with Gasteiger partial charge in [-0.05, 0) is 24.3 Å². The molecule has 3 N–H and O–H groups in total. The zero-order valence-electron chi connectivity index (χ0n) is 12.3. The zero-order chi connectivity index (χ0) is 14.5. The summed E-state index contributed by atoms with van der Waals surface area (Å²) >= 11 is 0. The predicted octanol–water partition coefficient (Wildman–Crippen LogP) is 1.89. The molecule has 19 heavy (non-hydrogen) atoms. The van der Waals surface area contributed by atoms with Crippen LogP contribution >= 0.6 is 0 Å². The average molecular weight is 267 g/mol. The molecule has 1 aromatic heterocycles. The van der Waals surface area contributed by atoms with Gasteiger partial charge in [0, 0.05) is 18.3 Å². The number of carbonyl (C=O) groups excluding carboxylic acids is 1. The summed E-state index contributed by atoms with van der Waals surface area (Å²) in [6.07, 6.45) is 2.44. The van der Waals surface area contributed by atoms with E-state index in [1.807, 2.05) is 20.8 Å². The Morgan fingerprint density at radius 2 is 2.21 bits per heavy atom. The maximum absolute atomic E-state index is 12.1. The summed E-state index contributed by atoms with van der Waals surface area (Å²) in [5.41, 5.74) is 1.29. The van der Waals surface area contributed by atoms with E-state index in [1.54, 1.807) is 6.07 Å². The van der Waals surface area contributed by atoms with Crippen LogP contribution in [0.25, 0.3) is 0 Å². The number of H-pyrrole nitrogens is 1. The summed E-state index contributed by atoms with van der Waals surface area (Å²) in [6.45, 7) is 8.27. The Kier molecular flexibility index (Phi) is 5.54. The lowest BCUT2D eigenvalue weighted by molar-refractivity contribution is 0.0880. The van der Waals surface area contributed by atoms with Crippen molar-refractivity contribution in [2.24, 2.45) is 5.41 Å². The van der Waals surface area contributed by atoms with E-state index >= 15 is 0 Å². The van der Waals surface area contributed by atoms with Crippen molar-refractivity contribution in [3.63, 3.8) is 0 Å². The maximum atomic E-state index is 12.1. The molecule has 1 rings (SSSR count). The summed E-state index contributed by atoms with van der Waals surface area (Å²) in [5, 5.41) is 18.9. The smallest absolute Gasteiger partial charge is 0.272 e. The van der Waals surface area contributed by atoms with Gasteiger partial charge in [-0.2, -0.15) is 5.10 Å². The lowest BCUT2D eigenvalue weighted by atomic mass is 9.85. The summed E-state index contributed by atoms with van der Waals surface area (Å²) in [7, 11) is 0. The molecule has 1 unspecified atom stereocenters. The molecule has 108 valence electrons. The molecule has 0 radical (unpaired) electrons. The van der Waals surface area contributed by atoms with Crippen molar-refractivity contribution < 1.29 is 9.90 Å². The van der Waals surface area contributed by atoms with Crippen molar-refractivity contribution in [3.05, 3.63) is 17.5 Å². The van der Waals surface area contributed by atoms with Gasteiger partial charge in [0.1, 0.15) is 5.69 Å². The van der Waals surface area contributed by atoms with Crippen molar-refractivity contribution in [2.75, 3.05) is 6.61 Å². The Hall–Kier alpha value is -1.36. The normalized spacial score (nSPS) is 13.3. The van der Waals surface area contributed by atoms with Gasteiger partial charge in [0.15, 0.2) is 0 Å². The highest BCUT2D eigenvalue weighted by Crippen LogP contribution is 2.22. The van der Waals surface area contributed by atoms with E-state index < -0.39 is 0 Å².